The van der Waals surface area contributed by atoms with Gasteiger partial charge < -0.3 is 5.11 Å². The average Bonchev–Trinajstić information content (AvgIpc) is 2.01. The number of carboxylic acid groups (broad SMARTS) is 1. The predicted octanol–water partition coefficient (Wildman–Crippen LogP) is 0.560. The fraction of sp³-hybridized carbons (Fsp3) is 0.125. The largest absolute Gasteiger partial charge is 0.481 e. The molecule has 0 aliphatic carbocycles. The van der Waals surface area contributed by atoms with Crippen LogP contribution >= 0.6 is 0 Å². The van der Waals surface area contributed by atoms with Crippen molar-refractivity contribution in [2.24, 2.45) is 0 Å². The summed E-state index contributed by atoms with van der Waals surface area (Å²) in [7, 11) is -4.34. The predicted molar refractivity (Wildman–Crippen MR) is 47.6 cm³/mol. The second-order valence-electron chi connectivity index (χ2n) is 2.65. The van der Waals surface area contributed by atoms with Crippen LogP contribution in [0.4, 0.5) is 0 Å². The van der Waals surface area contributed by atoms with E-state index in [0.29, 0.717) is 0 Å². The van der Waals surface area contributed by atoms with Gasteiger partial charge in [0, 0.05) is 0 Å². The van der Waals surface area contributed by atoms with Crippen LogP contribution in [0.5, 0.6) is 0 Å². The van der Waals surface area contributed by atoms with Crippen molar-refractivity contribution in [1.82, 2.24) is 0 Å². The Hall–Kier alpha value is -1.40. The number of carboxylic acids is 1. The molecule has 0 heterocycles. The summed E-state index contributed by atoms with van der Waals surface area (Å²) in [6.45, 7) is 0. The first kappa shape index (κ1) is 10.7. The summed E-state index contributed by atoms with van der Waals surface area (Å²) in [6, 6.07) is 5.42. The molecule has 5 nitrogen and oxygen atoms in total. The quantitative estimate of drug-likeness (QED) is 0.720. The lowest BCUT2D eigenvalue weighted by Gasteiger charge is -2.03. The molecule has 0 fully saturated rings. The first-order chi connectivity index (χ1) is 6.41. The highest BCUT2D eigenvalue weighted by molar-refractivity contribution is 7.85. The molecular weight excluding hydrogens is 208 g/mol. The summed E-state index contributed by atoms with van der Waals surface area (Å²) in [4.78, 5) is 10.0. The van der Waals surface area contributed by atoms with Gasteiger partial charge in [0.2, 0.25) is 0 Å². The molecule has 1 rings (SSSR count). The molecule has 0 aliphatic rings. The van der Waals surface area contributed by atoms with Gasteiger partial charge in [-0.05, 0) is 11.6 Å². The van der Waals surface area contributed by atoms with Crippen molar-refractivity contribution in [3.8, 4) is 0 Å². The van der Waals surface area contributed by atoms with Crippen molar-refractivity contribution in [3.63, 3.8) is 0 Å². The molecule has 0 amide bonds. The Labute approximate surface area is 80.7 Å². The van der Waals surface area contributed by atoms with E-state index in [2.05, 4.69) is 0 Å². The van der Waals surface area contributed by atoms with E-state index in [4.69, 9.17) is 9.66 Å². The third kappa shape index (κ3) is 2.54. The summed E-state index contributed by atoms with van der Waals surface area (Å²) in [5.74, 6) is -1.15. The maximum Gasteiger partial charge on any atom is 0.307 e. The van der Waals surface area contributed by atoms with E-state index in [1.807, 2.05) is 0 Å². The fourth-order valence-electron chi connectivity index (χ4n) is 1.06. The third-order valence-corrected chi connectivity index (χ3v) is 2.55. The lowest BCUT2D eigenvalue weighted by Crippen LogP contribution is -2.07. The molecular formula is C8H8O5S. The number of hydrogen-bond donors (Lipinski definition) is 2. The Morgan fingerprint density at radius 1 is 1.29 bits per heavy atom. The zero-order valence-corrected chi connectivity index (χ0v) is 7.86. The van der Waals surface area contributed by atoms with Gasteiger partial charge in [-0.1, -0.05) is 18.2 Å². The van der Waals surface area contributed by atoms with Crippen molar-refractivity contribution in [3.05, 3.63) is 29.8 Å². The first-order valence-corrected chi connectivity index (χ1v) is 5.12. The Morgan fingerprint density at radius 3 is 2.36 bits per heavy atom. The highest BCUT2D eigenvalue weighted by Gasteiger charge is 2.15. The van der Waals surface area contributed by atoms with Gasteiger partial charge in [-0.2, -0.15) is 8.42 Å². The molecule has 0 saturated carbocycles. The van der Waals surface area contributed by atoms with Crippen LogP contribution in [0.3, 0.4) is 0 Å². The molecule has 0 aliphatic heterocycles. The van der Waals surface area contributed by atoms with E-state index in [9.17, 15) is 13.2 Å². The SMILES string of the molecule is O=C(O)Cc1ccccc1S(=O)(=O)O. The van der Waals surface area contributed by atoms with Gasteiger partial charge in [-0.15, -0.1) is 0 Å². The number of hydrogen-bond acceptors (Lipinski definition) is 3. The summed E-state index contributed by atoms with van der Waals surface area (Å²) < 4.78 is 30.4. The maximum atomic E-state index is 10.8. The first-order valence-electron chi connectivity index (χ1n) is 3.68. The minimum Gasteiger partial charge on any atom is -0.481 e. The number of carbonyl (C=O) groups is 1. The topological polar surface area (TPSA) is 91.7 Å². The van der Waals surface area contributed by atoms with Crippen LogP contribution in [0.2, 0.25) is 0 Å². The normalized spacial score (nSPS) is 11.2. The molecule has 14 heavy (non-hydrogen) atoms. The lowest BCUT2D eigenvalue weighted by atomic mass is 10.1. The van der Waals surface area contributed by atoms with Crippen LogP contribution in [-0.4, -0.2) is 24.0 Å². The zero-order valence-electron chi connectivity index (χ0n) is 7.04. The van der Waals surface area contributed by atoms with Crippen LogP contribution in [0.15, 0.2) is 29.2 Å². The van der Waals surface area contributed by atoms with E-state index >= 15 is 0 Å². The standard InChI is InChI=1S/C8H8O5S/c9-8(10)5-6-3-1-2-4-7(6)14(11,12)13/h1-4H,5H2,(H,9,10)(H,11,12,13). The van der Waals surface area contributed by atoms with Crippen molar-refractivity contribution in [2.75, 3.05) is 0 Å². The van der Waals surface area contributed by atoms with Crippen molar-refractivity contribution in [1.29, 1.82) is 0 Å². The minimum atomic E-state index is -4.34. The van der Waals surface area contributed by atoms with E-state index in [1.165, 1.54) is 18.2 Å². The van der Waals surface area contributed by atoms with Crippen LogP contribution in [0.1, 0.15) is 5.56 Å². The van der Waals surface area contributed by atoms with E-state index in [0.717, 1.165) is 6.07 Å². The van der Waals surface area contributed by atoms with E-state index in [1.54, 1.807) is 0 Å². The Balaban J connectivity index is 3.23. The Bertz CT molecular complexity index is 449. The van der Waals surface area contributed by atoms with E-state index in [-0.39, 0.29) is 10.5 Å². The summed E-state index contributed by atoms with van der Waals surface area (Å²) >= 11 is 0. The van der Waals surface area contributed by atoms with Crippen molar-refractivity contribution < 1.29 is 22.9 Å². The molecule has 0 aromatic heterocycles. The smallest absolute Gasteiger partial charge is 0.307 e. The van der Waals surface area contributed by atoms with Crippen molar-refractivity contribution in [2.45, 2.75) is 11.3 Å². The van der Waals surface area contributed by atoms with Gasteiger partial charge in [-0.25, -0.2) is 0 Å². The average molecular weight is 216 g/mol. The maximum absolute atomic E-state index is 10.8. The number of benzene rings is 1. The Morgan fingerprint density at radius 2 is 1.86 bits per heavy atom. The second-order valence-corrected chi connectivity index (χ2v) is 4.04. The third-order valence-electron chi connectivity index (χ3n) is 1.59. The number of rotatable bonds is 3. The van der Waals surface area contributed by atoms with Crippen LogP contribution in [-0.2, 0) is 21.3 Å². The molecule has 0 bridgehead atoms. The van der Waals surface area contributed by atoms with Gasteiger partial charge in [0.1, 0.15) is 0 Å². The summed E-state index contributed by atoms with van der Waals surface area (Å²) in [5.41, 5.74) is 0.0718. The second kappa shape index (κ2) is 3.77. The van der Waals surface area contributed by atoms with Crippen molar-refractivity contribution >= 4 is 16.1 Å². The highest BCUT2D eigenvalue weighted by Crippen LogP contribution is 2.15. The molecule has 0 spiro atoms. The van der Waals surface area contributed by atoms with E-state index < -0.39 is 22.5 Å². The molecule has 0 unspecified atom stereocenters. The molecule has 2 N–H and O–H groups in total. The molecule has 1 aromatic rings. The highest BCUT2D eigenvalue weighted by atomic mass is 32.2. The van der Waals surface area contributed by atoms with Gasteiger partial charge in [0.15, 0.2) is 0 Å². The molecule has 0 saturated heterocycles. The van der Waals surface area contributed by atoms with Gasteiger partial charge in [0.05, 0.1) is 11.3 Å². The van der Waals surface area contributed by atoms with Gasteiger partial charge in [-0.3, -0.25) is 9.35 Å². The monoisotopic (exact) mass is 216 g/mol. The van der Waals surface area contributed by atoms with Crippen LogP contribution in [0, 0.1) is 0 Å². The molecule has 0 atom stereocenters. The van der Waals surface area contributed by atoms with Crippen LogP contribution in [0.25, 0.3) is 0 Å². The lowest BCUT2D eigenvalue weighted by molar-refractivity contribution is -0.136. The molecule has 0 radical (unpaired) electrons. The zero-order chi connectivity index (χ0) is 10.8. The fourth-order valence-corrected chi connectivity index (χ4v) is 1.79. The summed E-state index contributed by atoms with van der Waals surface area (Å²) in [6.07, 6.45) is -0.435. The van der Waals surface area contributed by atoms with Gasteiger partial charge in [0.25, 0.3) is 10.1 Å². The molecule has 76 valence electrons. The molecule has 1 aromatic carbocycles. The molecule has 6 heteroatoms. The minimum absolute atomic E-state index is 0.0718. The Kier molecular flexibility index (Phi) is 2.87. The van der Waals surface area contributed by atoms with Crippen LogP contribution < -0.4 is 0 Å². The van der Waals surface area contributed by atoms with Gasteiger partial charge >= 0.3 is 5.97 Å². The number of aliphatic carboxylic acids is 1. The summed E-state index contributed by atoms with van der Waals surface area (Å²) in [5, 5.41) is 8.48.